The summed E-state index contributed by atoms with van der Waals surface area (Å²) >= 11 is 0. The molecule has 1 aliphatic rings. The first-order valence-electron chi connectivity index (χ1n) is 6.30. The molecular formula is C13H19NO4. The zero-order chi connectivity index (χ0) is 13.0. The number of carbonyl (C=O) groups is 1. The molecule has 1 aromatic rings. The van der Waals surface area contributed by atoms with Crippen molar-refractivity contribution < 1.29 is 18.7 Å². The average Bonchev–Trinajstić information content (AvgIpc) is 2.99. The molecule has 0 spiro atoms. The molecule has 0 radical (unpaired) electrons. The fourth-order valence-corrected chi connectivity index (χ4v) is 2.44. The van der Waals surface area contributed by atoms with E-state index in [0.29, 0.717) is 17.5 Å². The first-order chi connectivity index (χ1) is 8.74. The van der Waals surface area contributed by atoms with Crippen LogP contribution >= 0.6 is 0 Å². The Morgan fingerprint density at radius 2 is 2.11 bits per heavy atom. The smallest absolute Gasteiger partial charge is 0.376 e. The number of rotatable bonds is 5. The Morgan fingerprint density at radius 3 is 2.72 bits per heavy atom. The minimum absolute atomic E-state index is 0.173. The highest BCUT2D eigenvalue weighted by molar-refractivity contribution is 5.87. The first kappa shape index (κ1) is 13.1. The molecule has 100 valence electrons. The normalized spacial score (nSPS) is 16.1. The molecule has 0 N–H and O–H groups in total. The van der Waals surface area contributed by atoms with Crippen LogP contribution in [0.3, 0.4) is 0 Å². The van der Waals surface area contributed by atoms with Crippen LogP contribution in [0.15, 0.2) is 4.42 Å². The van der Waals surface area contributed by atoms with Crippen molar-refractivity contribution in [1.29, 1.82) is 0 Å². The Labute approximate surface area is 106 Å². The van der Waals surface area contributed by atoms with Gasteiger partial charge in [0.25, 0.3) is 0 Å². The van der Waals surface area contributed by atoms with Crippen LogP contribution in [0.25, 0.3) is 0 Å². The van der Waals surface area contributed by atoms with Gasteiger partial charge < -0.3 is 13.9 Å². The minimum Gasteiger partial charge on any atom is -0.463 e. The Morgan fingerprint density at radius 1 is 1.39 bits per heavy atom. The van der Waals surface area contributed by atoms with Crippen LogP contribution in [0.5, 0.6) is 0 Å². The average molecular weight is 253 g/mol. The van der Waals surface area contributed by atoms with Gasteiger partial charge in [0.05, 0.1) is 13.7 Å². The van der Waals surface area contributed by atoms with Crippen molar-refractivity contribution in [3.8, 4) is 0 Å². The number of esters is 1. The quantitative estimate of drug-likeness (QED) is 0.754. The summed E-state index contributed by atoms with van der Waals surface area (Å²) in [6.07, 6.45) is 5.79. The Bertz CT molecular complexity index is 407. The molecule has 18 heavy (non-hydrogen) atoms. The van der Waals surface area contributed by atoms with E-state index in [9.17, 15) is 4.79 Å². The number of carbonyl (C=O) groups excluding carboxylic acids is 1. The maximum Gasteiger partial charge on any atom is 0.376 e. The fraction of sp³-hybridized carbons (Fsp3) is 0.692. The molecule has 0 atom stereocenters. The molecule has 0 amide bonds. The number of aromatic nitrogens is 1. The third-order valence-corrected chi connectivity index (χ3v) is 3.33. The van der Waals surface area contributed by atoms with E-state index < -0.39 is 5.97 Å². The van der Waals surface area contributed by atoms with E-state index in [4.69, 9.17) is 9.15 Å². The number of nitrogens with zero attached hydrogens (tertiary/aromatic N) is 1. The highest BCUT2D eigenvalue weighted by atomic mass is 16.5. The molecule has 0 bridgehead atoms. The van der Waals surface area contributed by atoms with E-state index >= 15 is 0 Å². The van der Waals surface area contributed by atoms with E-state index in [1.807, 2.05) is 0 Å². The summed E-state index contributed by atoms with van der Waals surface area (Å²) in [6.45, 7) is 0.262. The summed E-state index contributed by atoms with van der Waals surface area (Å²) in [4.78, 5) is 15.9. The van der Waals surface area contributed by atoms with Crippen molar-refractivity contribution in [2.24, 2.45) is 5.92 Å². The summed E-state index contributed by atoms with van der Waals surface area (Å²) in [5, 5.41) is 0. The topological polar surface area (TPSA) is 61.6 Å². The van der Waals surface area contributed by atoms with Crippen molar-refractivity contribution in [1.82, 2.24) is 4.98 Å². The zero-order valence-corrected chi connectivity index (χ0v) is 10.9. The van der Waals surface area contributed by atoms with Crippen LogP contribution in [-0.2, 0) is 22.5 Å². The zero-order valence-electron chi connectivity index (χ0n) is 10.9. The number of methoxy groups -OCH3 is 2. The Balaban J connectivity index is 2.13. The second-order valence-electron chi connectivity index (χ2n) is 4.66. The summed E-state index contributed by atoms with van der Waals surface area (Å²) in [5.74, 6) is 0.929. The lowest BCUT2D eigenvalue weighted by molar-refractivity contribution is 0.0556. The van der Waals surface area contributed by atoms with Crippen LogP contribution in [0.1, 0.15) is 47.8 Å². The van der Waals surface area contributed by atoms with Gasteiger partial charge in [0.15, 0.2) is 5.89 Å². The first-order valence-corrected chi connectivity index (χ1v) is 6.30. The maximum absolute atomic E-state index is 11.5. The van der Waals surface area contributed by atoms with E-state index in [0.717, 1.165) is 6.42 Å². The van der Waals surface area contributed by atoms with Crippen LogP contribution in [-0.4, -0.2) is 25.2 Å². The molecule has 1 aromatic heterocycles. The largest absolute Gasteiger partial charge is 0.463 e. The van der Waals surface area contributed by atoms with Gasteiger partial charge in [-0.15, -0.1) is 0 Å². The lowest BCUT2D eigenvalue weighted by atomic mass is 10.0. The molecule has 1 fully saturated rings. The highest BCUT2D eigenvalue weighted by Crippen LogP contribution is 2.28. The Kier molecular flexibility index (Phi) is 4.36. The predicted molar refractivity (Wildman–Crippen MR) is 64.2 cm³/mol. The number of ether oxygens (including phenoxy) is 2. The van der Waals surface area contributed by atoms with Crippen LogP contribution in [0.4, 0.5) is 0 Å². The molecule has 0 unspecified atom stereocenters. The van der Waals surface area contributed by atoms with Crippen molar-refractivity contribution in [2.45, 2.75) is 38.7 Å². The third kappa shape index (κ3) is 2.90. The molecule has 2 rings (SSSR count). The van der Waals surface area contributed by atoms with Gasteiger partial charge in [0, 0.05) is 13.5 Å². The second-order valence-corrected chi connectivity index (χ2v) is 4.66. The van der Waals surface area contributed by atoms with E-state index in [-0.39, 0.29) is 12.4 Å². The SMILES string of the molecule is COCc1nc(CC2CCCC2)oc1C(=O)OC. The lowest BCUT2D eigenvalue weighted by Gasteiger charge is -2.03. The maximum atomic E-state index is 11.5. The van der Waals surface area contributed by atoms with Gasteiger partial charge in [0.1, 0.15) is 5.69 Å². The standard InChI is InChI=1S/C13H19NO4/c1-16-8-10-12(13(15)17-2)18-11(14-10)7-9-5-3-4-6-9/h9H,3-8H2,1-2H3. The highest BCUT2D eigenvalue weighted by Gasteiger charge is 2.23. The fourth-order valence-electron chi connectivity index (χ4n) is 2.44. The van der Waals surface area contributed by atoms with E-state index in [2.05, 4.69) is 9.72 Å². The van der Waals surface area contributed by atoms with Gasteiger partial charge in [-0.25, -0.2) is 9.78 Å². The summed E-state index contributed by atoms with van der Waals surface area (Å²) in [6, 6.07) is 0. The lowest BCUT2D eigenvalue weighted by Crippen LogP contribution is -2.04. The van der Waals surface area contributed by atoms with Gasteiger partial charge in [-0.05, 0) is 18.8 Å². The van der Waals surface area contributed by atoms with Crippen LogP contribution in [0.2, 0.25) is 0 Å². The second kappa shape index (κ2) is 6.00. The molecule has 1 heterocycles. The monoisotopic (exact) mass is 253 g/mol. The predicted octanol–water partition coefficient (Wildman–Crippen LogP) is 2.34. The van der Waals surface area contributed by atoms with Gasteiger partial charge >= 0.3 is 5.97 Å². The summed E-state index contributed by atoms with van der Waals surface area (Å²) in [5.41, 5.74) is 0.525. The molecule has 1 aliphatic carbocycles. The van der Waals surface area contributed by atoms with E-state index in [1.165, 1.54) is 32.8 Å². The minimum atomic E-state index is -0.493. The van der Waals surface area contributed by atoms with Crippen molar-refractivity contribution in [2.75, 3.05) is 14.2 Å². The number of oxazole rings is 1. The number of hydrogen-bond acceptors (Lipinski definition) is 5. The van der Waals surface area contributed by atoms with Crippen LogP contribution in [0, 0.1) is 5.92 Å². The molecule has 5 heteroatoms. The molecular weight excluding hydrogens is 234 g/mol. The van der Waals surface area contributed by atoms with E-state index in [1.54, 1.807) is 7.11 Å². The summed E-state index contributed by atoms with van der Waals surface area (Å²) < 4.78 is 15.2. The molecule has 0 aliphatic heterocycles. The molecule has 0 aromatic carbocycles. The Hall–Kier alpha value is -1.36. The van der Waals surface area contributed by atoms with Gasteiger partial charge in [0.2, 0.25) is 5.76 Å². The molecule has 1 saturated carbocycles. The van der Waals surface area contributed by atoms with Crippen LogP contribution < -0.4 is 0 Å². The van der Waals surface area contributed by atoms with Gasteiger partial charge in [-0.1, -0.05) is 12.8 Å². The third-order valence-electron chi connectivity index (χ3n) is 3.33. The molecule has 0 saturated heterocycles. The van der Waals surface area contributed by atoms with Gasteiger partial charge in [-0.3, -0.25) is 0 Å². The van der Waals surface area contributed by atoms with Crippen molar-refractivity contribution in [3.05, 3.63) is 17.3 Å². The van der Waals surface area contributed by atoms with Gasteiger partial charge in [-0.2, -0.15) is 0 Å². The molecule has 5 nitrogen and oxygen atoms in total. The number of hydrogen-bond donors (Lipinski definition) is 0. The van der Waals surface area contributed by atoms with Crippen molar-refractivity contribution in [3.63, 3.8) is 0 Å². The van der Waals surface area contributed by atoms with Crippen molar-refractivity contribution >= 4 is 5.97 Å². The summed E-state index contributed by atoms with van der Waals surface area (Å²) in [7, 11) is 2.89.